The third-order valence-electron chi connectivity index (χ3n) is 4.14. The lowest BCUT2D eigenvalue weighted by Gasteiger charge is -2.09. The molecular weight excluding hydrogens is 424 g/mol. The zero-order valence-corrected chi connectivity index (χ0v) is 17.9. The van der Waals surface area contributed by atoms with Crippen LogP contribution in [-0.2, 0) is 20.1 Å². The van der Waals surface area contributed by atoms with Gasteiger partial charge in [0.1, 0.15) is 4.90 Å². The number of aryl methyl sites for hydroxylation is 2. The smallest absolute Gasteiger partial charge is 0.339 e. The number of nitrogens with one attached hydrogen (secondary N) is 1. The van der Waals surface area contributed by atoms with E-state index in [9.17, 15) is 16.8 Å². The van der Waals surface area contributed by atoms with Crippen molar-refractivity contribution < 1.29 is 21.0 Å². The Morgan fingerprint density at radius 1 is 0.767 bits per heavy atom. The maximum atomic E-state index is 12.5. The molecule has 0 atom stereocenters. The second-order valence-electron chi connectivity index (χ2n) is 6.55. The zero-order chi connectivity index (χ0) is 21.8. The van der Waals surface area contributed by atoms with E-state index in [2.05, 4.69) is 9.93 Å². The van der Waals surface area contributed by atoms with Gasteiger partial charge < -0.3 is 4.18 Å². The Labute approximate surface area is 176 Å². The van der Waals surface area contributed by atoms with E-state index < -0.39 is 20.1 Å². The molecule has 9 heteroatoms. The number of hydrazone groups is 1. The molecule has 1 N–H and O–H groups in total. The summed E-state index contributed by atoms with van der Waals surface area (Å²) >= 11 is 0. The number of sulfonamides is 1. The predicted octanol–water partition coefficient (Wildman–Crippen LogP) is 3.38. The molecule has 30 heavy (non-hydrogen) atoms. The zero-order valence-electron chi connectivity index (χ0n) is 16.3. The van der Waals surface area contributed by atoms with Gasteiger partial charge in [-0.15, -0.1) is 0 Å². The Bertz CT molecular complexity index is 1270. The van der Waals surface area contributed by atoms with Crippen molar-refractivity contribution in [3.63, 3.8) is 0 Å². The SMILES string of the molecule is Cc1ccc(S(=O)(=O)N/N=C/c2ccccc2OS(=O)(=O)c2ccc(C)cc2)cc1. The molecule has 0 radical (unpaired) electrons. The molecule has 0 spiro atoms. The van der Waals surface area contributed by atoms with Crippen LogP contribution >= 0.6 is 0 Å². The maximum absolute atomic E-state index is 12.5. The monoisotopic (exact) mass is 444 g/mol. The first-order valence-corrected chi connectivity index (χ1v) is 11.8. The van der Waals surface area contributed by atoms with Gasteiger partial charge in [-0.1, -0.05) is 47.5 Å². The molecule has 3 aromatic rings. The second-order valence-corrected chi connectivity index (χ2v) is 9.76. The van der Waals surface area contributed by atoms with Crippen LogP contribution in [0.1, 0.15) is 16.7 Å². The molecule has 0 amide bonds. The molecule has 0 bridgehead atoms. The number of rotatable bonds is 7. The standard InChI is InChI=1S/C21H20N2O5S2/c1-16-7-11-19(12-8-16)29(24,25)23-22-15-18-5-3-4-6-21(18)28-30(26,27)20-13-9-17(2)10-14-20/h3-15,23H,1-2H3/b22-15+. The molecule has 3 rings (SSSR count). The Morgan fingerprint density at radius 2 is 1.30 bits per heavy atom. The van der Waals surface area contributed by atoms with E-state index in [0.717, 1.165) is 11.1 Å². The number of hydrogen-bond donors (Lipinski definition) is 1. The van der Waals surface area contributed by atoms with Crippen molar-refractivity contribution in [1.29, 1.82) is 0 Å². The summed E-state index contributed by atoms with van der Waals surface area (Å²) in [6.45, 7) is 3.70. The highest BCUT2D eigenvalue weighted by Gasteiger charge is 2.18. The molecule has 0 aliphatic rings. The molecule has 0 heterocycles. The van der Waals surface area contributed by atoms with Gasteiger partial charge >= 0.3 is 10.1 Å². The fourth-order valence-corrected chi connectivity index (χ4v) is 4.21. The van der Waals surface area contributed by atoms with E-state index in [1.165, 1.54) is 36.5 Å². The van der Waals surface area contributed by atoms with Crippen LogP contribution in [0.4, 0.5) is 0 Å². The minimum absolute atomic E-state index is 0.0138. The van der Waals surface area contributed by atoms with Gasteiger partial charge in [0.05, 0.1) is 11.1 Å². The van der Waals surface area contributed by atoms with Gasteiger partial charge in [0.15, 0.2) is 5.75 Å². The first kappa shape index (κ1) is 21.5. The maximum Gasteiger partial charge on any atom is 0.339 e. The van der Waals surface area contributed by atoms with Crippen molar-refractivity contribution in [1.82, 2.24) is 4.83 Å². The number of para-hydroxylation sites is 1. The molecule has 0 saturated heterocycles. The highest BCUT2D eigenvalue weighted by molar-refractivity contribution is 7.89. The molecule has 0 aromatic heterocycles. The van der Waals surface area contributed by atoms with E-state index in [1.54, 1.807) is 42.5 Å². The average molecular weight is 445 g/mol. The molecule has 0 aliphatic heterocycles. The molecular formula is C21H20N2O5S2. The summed E-state index contributed by atoms with van der Waals surface area (Å²) in [5, 5.41) is 3.75. The van der Waals surface area contributed by atoms with Crippen molar-refractivity contribution in [2.45, 2.75) is 23.6 Å². The molecule has 0 fully saturated rings. The largest absolute Gasteiger partial charge is 0.378 e. The molecule has 0 unspecified atom stereocenters. The van der Waals surface area contributed by atoms with Crippen molar-refractivity contribution in [3.05, 3.63) is 89.5 Å². The summed E-state index contributed by atoms with van der Waals surface area (Å²) in [5.74, 6) is 0.0244. The van der Waals surface area contributed by atoms with E-state index >= 15 is 0 Å². The third kappa shape index (κ3) is 5.25. The van der Waals surface area contributed by atoms with Crippen molar-refractivity contribution in [2.75, 3.05) is 0 Å². The van der Waals surface area contributed by atoms with Crippen LogP contribution in [0, 0.1) is 13.8 Å². The Kier molecular flexibility index (Phi) is 6.23. The number of nitrogens with zero attached hydrogens (tertiary/aromatic N) is 1. The predicted molar refractivity (Wildman–Crippen MR) is 115 cm³/mol. The summed E-state index contributed by atoms with van der Waals surface area (Å²) < 4.78 is 54.9. The topological polar surface area (TPSA) is 102 Å². The average Bonchev–Trinajstić information content (AvgIpc) is 2.69. The van der Waals surface area contributed by atoms with Crippen molar-refractivity contribution in [3.8, 4) is 5.75 Å². The fraction of sp³-hybridized carbons (Fsp3) is 0.0952. The lowest BCUT2D eigenvalue weighted by Crippen LogP contribution is -2.18. The van der Waals surface area contributed by atoms with Gasteiger partial charge in [-0.3, -0.25) is 0 Å². The van der Waals surface area contributed by atoms with E-state index in [0.29, 0.717) is 5.56 Å². The highest BCUT2D eigenvalue weighted by Crippen LogP contribution is 2.22. The first-order chi connectivity index (χ1) is 14.2. The normalized spacial score (nSPS) is 12.1. The summed E-state index contributed by atoms with van der Waals surface area (Å²) in [5.41, 5.74) is 2.14. The summed E-state index contributed by atoms with van der Waals surface area (Å²) in [6, 6.07) is 18.8. The quantitative estimate of drug-likeness (QED) is 0.342. The van der Waals surface area contributed by atoms with Gasteiger partial charge in [0, 0.05) is 5.56 Å². The molecule has 156 valence electrons. The van der Waals surface area contributed by atoms with Crippen LogP contribution in [0.25, 0.3) is 0 Å². The minimum Gasteiger partial charge on any atom is -0.378 e. The summed E-state index contributed by atoms with van der Waals surface area (Å²) in [6.07, 6.45) is 1.19. The number of hydrogen-bond acceptors (Lipinski definition) is 6. The second kappa shape index (κ2) is 8.68. The van der Waals surface area contributed by atoms with Crippen molar-refractivity contribution >= 4 is 26.4 Å². The van der Waals surface area contributed by atoms with E-state index in [-0.39, 0.29) is 15.5 Å². The summed E-state index contributed by atoms with van der Waals surface area (Å²) in [7, 11) is -7.90. The molecule has 0 aliphatic carbocycles. The molecule has 3 aromatic carbocycles. The van der Waals surface area contributed by atoms with E-state index in [1.807, 2.05) is 13.8 Å². The van der Waals surface area contributed by atoms with Gasteiger partial charge in [0.25, 0.3) is 10.0 Å². The van der Waals surface area contributed by atoms with Gasteiger partial charge in [-0.25, -0.2) is 4.83 Å². The highest BCUT2D eigenvalue weighted by atomic mass is 32.2. The van der Waals surface area contributed by atoms with Crippen LogP contribution in [0.15, 0.2) is 87.7 Å². The Balaban J connectivity index is 1.80. The van der Waals surface area contributed by atoms with Crippen LogP contribution in [0.2, 0.25) is 0 Å². The fourth-order valence-electron chi connectivity index (χ4n) is 2.47. The minimum atomic E-state index is -4.05. The lowest BCUT2D eigenvalue weighted by molar-refractivity contribution is 0.485. The van der Waals surface area contributed by atoms with Crippen LogP contribution in [0.5, 0.6) is 5.75 Å². The van der Waals surface area contributed by atoms with E-state index in [4.69, 9.17) is 4.18 Å². The third-order valence-corrected chi connectivity index (χ3v) is 6.62. The number of benzene rings is 3. The Hall–Kier alpha value is -3.17. The Morgan fingerprint density at radius 3 is 1.90 bits per heavy atom. The van der Waals surface area contributed by atoms with Crippen LogP contribution < -0.4 is 9.01 Å². The van der Waals surface area contributed by atoms with Gasteiger partial charge in [-0.05, 0) is 50.2 Å². The summed E-state index contributed by atoms with van der Waals surface area (Å²) in [4.78, 5) is 2.19. The van der Waals surface area contributed by atoms with Crippen LogP contribution in [0.3, 0.4) is 0 Å². The first-order valence-electron chi connectivity index (χ1n) is 8.89. The lowest BCUT2D eigenvalue weighted by atomic mass is 10.2. The van der Waals surface area contributed by atoms with Crippen LogP contribution in [-0.4, -0.2) is 23.1 Å². The van der Waals surface area contributed by atoms with Gasteiger partial charge in [0.2, 0.25) is 0 Å². The van der Waals surface area contributed by atoms with Crippen molar-refractivity contribution in [2.24, 2.45) is 5.10 Å². The molecule has 7 nitrogen and oxygen atoms in total. The van der Waals surface area contributed by atoms with Gasteiger partial charge in [-0.2, -0.15) is 21.9 Å². The molecule has 0 saturated carbocycles.